The summed E-state index contributed by atoms with van der Waals surface area (Å²) < 4.78 is 0. The van der Waals surface area contributed by atoms with Gasteiger partial charge in [0.05, 0.1) is 21.9 Å². The topological polar surface area (TPSA) is 114 Å². The molecule has 8 nitrogen and oxygen atoms in total. The van der Waals surface area contributed by atoms with E-state index in [2.05, 4.69) is 15.8 Å². The van der Waals surface area contributed by atoms with Crippen LogP contribution in [0, 0.1) is 17.0 Å². The summed E-state index contributed by atoms with van der Waals surface area (Å²) in [5, 5.41) is 17.7. The van der Waals surface area contributed by atoms with Crippen molar-refractivity contribution in [3.8, 4) is 0 Å². The molecule has 0 aliphatic carbocycles. The Morgan fingerprint density at radius 3 is 2.54 bits per heavy atom. The molecule has 2 aromatic carbocycles. The lowest BCUT2D eigenvalue weighted by Gasteiger charge is -2.09. The van der Waals surface area contributed by atoms with Crippen molar-refractivity contribution in [1.82, 2.24) is 5.43 Å². The number of rotatable bonds is 6. The molecule has 10 heteroatoms. The summed E-state index contributed by atoms with van der Waals surface area (Å²) in [6.45, 7) is 3.36. The summed E-state index contributed by atoms with van der Waals surface area (Å²) in [7, 11) is 0. The van der Waals surface area contributed by atoms with Gasteiger partial charge in [-0.15, -0.1) is 0 Å². The Morgan fingerprint density at radius 1 is 1.18 bits per heavy atom. The quantitative estimate of drug-likeness (QED) is 0.409. The van der Waals surface area contributed by atoms with Crippen LogP contribution in [0.2, 0.25) is 10.0 Å². The van der Waals surface area contributed by atoms with Gasteiger partial charge in [0.15, 0.2) is 0 Å². The van der Waals surface area contributed by atoms with Crippen molar-refractivity contribution < 1.29 is 14.5 Å². The number of hydrogen-bond donors (Lipinski definition) is 2. The highest BCUT2D eigenvalue weighted by molar-refractivity contribution is 6.34. The smallest absolute Gasteiger partial charge is 0.272 e. The van der Waals surface area contributed by atoms with E-state index in [9.17, 15) is 19.7 Å². The molecule has 2 amide bonds. The number of nitrogens with zero attached hydrogens (tertiary/aromatic N) is 2. The van der Waals surface area contributed by atoms with E-state index in [1.807, 2.05) is 0 Å². The Kier molecular flexibility index (Phi) is 7.08. The van der Waals surface area contributed by atoms with Gasteiger partial charge in [-0.1, -0.05) is 29.3 Å². The summed E-state index contributed by atoms with van der Waals surface area (Å²) in [4.78, 5) is 34.3. The zero-order valence-electron chi connectivity index (χ0n) is 15.0. The van der Waals surface area contributed by atoms with Gasteiger partial charge in [-0.05, 0) is 37.6 Å². The van der Waals surface area contributed by atoms with Gasteiger partial charge < -0.3 is 5.32 Å². The van der Waals surface area contributed by atoms with Crippen LogP contribution < -0.4 is 10.7 Å². The number of anilines is 1. The van der Waals surface area contributed by atoms with Gasteiger partial charge in [0.2, 0.25) is 5.91 Å². The standard InChI is InChI=1S/C18H16Cl2N4O4/c1-10(8-17(25)21-16-5-3-4-14(19)11(16)2)22-23-18(26)13-7-6-12(24(27)28)9-15(13)20/h3-7,9H,8H2,1-2H3,(H,21,25)(H,23,26). The highest BCUT2D eigenvalue weighted by Gasteiger charge is 2.15. The highest BCUT2D eigenvalue weighted by Crippen LogP contribution is 2.23. The van der Waals surface area contributed by atoms with E-state index in [0.717, 1.165) is 17.7 Å². The van der Waals surface area contributed by atoms with Crippen molar-refractivity contribution in [2.75, 3.05) is 5.32 Å². The molecule has 0 fully saturated rings. The molecule has 0 aromatic heterocycles. The van der Waals surface area contributed by atoms with E-state index in [-0.39, 0.29) is 28.6 Å². The molecule has 2 N–H and O–H groups in total. The molecule has 0 aliphatic heterocycles. The molecule has 0 radical (unpaired) electrons. The van der Waals surface area contributed by atoms with Gasteiger partial charge in [-0.3, -0.25) is 19.7 Å². The normalized spacial score (nSPS) is 11.1. The van der Waals surface area contributed by atoms with Gasteiger partial charge in [-0.25, -0.2) is 5.43 Å². The van der Waals surface area contributed by atoms with E-state index >= 15 is 0 Å². The number of amides is 2. The maximum absolute atomic E-state index is 12.1. The lowest BCUT2D eigenvalue weighted by atomic mass is 10.2. The second-order valence-electron chi connectivity index (χ2n) is 5.85. The van der Waals surface area contributed by atoms with Crippen LogP contribution in [0.1, 0.15) is 29.3 Å². The average molecular weight is 423 g/mol. The zero-order valence-corrected chi connectivity index (χ0v) is 16.5. The second kappa shape index (κ2) is 9.29. The number of carbonyl (C=O) groups is 2. The molecule has 0 saturated carbocycles. The largest absolute Gasteiger partial charge is 0.325 e. The van der Waals surface area contributed by atoms with Crippen LogP contribution in [0.15, 0.2) is 41.5 Å². The number of nitro benzene ring substituents is 1. The molecular weight excluding hydrogens is 407 g/mol. The number of nitro groups is 1. The zero-order chi connectivity index (χ0) is 20.8. The van der Waals surface area contributed by atoms with Crippen LogP contribution in [0.5, 0.6) is 0 Å². The summed E-state index contributed by atoms with van der Waals surface area (Å²) in [5.41, 5.74) is 3.76. The first-order chi connectivity index (χ1) is 13.2. The summed E-state index contributed by atoms with van der Waals surface area (Å²) in [5.74, 6) is -0.973. The Bertz CT molecular complexity index is 976. The number of benzene rings is 2. The van der Waals surface area contributed by atoms with Crippen LogP contribution in [-0.2, 0) is 4.79 Å². The van der Waals surface area contributed by atoms with Gasteiger partial charge in [0.1, 0.15) is 0 Å². The minimum absolute atomic E-state index is 0.0304. The van der Waals surface area contributed by atoms with E-state index < -0.39 is 10.8 Å². The van der Waals surface area contributed by atoms with Crippen LogP contribution in [0.4, 0.5) is 11.4 Å². The average Bonchev–Trinajstić information content (AvgIpc) is 2.63. The Balaban J connectivity index is 1.98. The fourth-order valence-corrected chi connectivity index (χ4v) is 2.65. The number of non-ortho nitro benzene ring substituents is 1. The van der Waals surface area contributed by atoms with Crippen molar-refractivity contribution in [1.29, 1.82) is 0 Å². The van der Waals surface area contributed by atoms with E-state index in [4.69, 9.17) is 23.2 Å². The van der Waals surface area contributed by atoms with Crippen molar-refractivity contribution in [3.05, 3.63) is 67.7 Å². The monoisotopic (exact) mass is 422 g/mol. The predicted octanol–water partition coefficient (Wildman–Crippen LogP) is 4.34. The van der Waals surface area contributed by atoms with Gasteiger partial charge >= 0.3 is 0 Å². The van der Waals surface area contributed by atoms with Crippen LogP contribution in [0.25, 0.3) is 0 Å². The number of hydrazone groups is 1. The third-order valence-corrected chi connectivity index (χ3v) is 4.44. The fourth-order valence-electron chi connectivity index (χ4n) is 2.22. The molecule has 2 rings (SSSR count). The van der Waals surface area contributed by atoms with Gasteiger partial charge in [0.25, 0.3) is 11.6 Å². The fraction of sp³-hybridized carbons (Fsp3) is 0.167. The number of carbonyl (C=O) groups excluding carboxylic acids is 2. The maximum Gasteiger partial charge on any atom is 0.272 e. The SMILES string of the molecule is CC(CC(=O)Nc1cccc(Cl)c1C)=NNC(=O)c1ccc([N+](=O)[O-])cc1Cl. The van der Waals surface area contributed by atoms with Crippen molar-refractivity contribution in [2.24, 2.45) is 5.10 Å². The third kappa shape index (κ3) is 5.51. The molecule has 0 bridgehead atoms. The van der Waals surface area contributed by atoms with Crippen LogP contribution >= 0.6 is 23.2 Å². The lowest BCUT2D eigenvalue weighted by molar-refractivity contribution is -0.384. The van der Waals surface area contributed by atoms with E-state index in [1.54, 1.807) is 32.0 Å². The van der Waals surface area contributed by atoms with E-state index in [0.29, 0.717) is 16.4 Å². The van der Waals surface area contributed by atoms with Crippen LogP contribution in [-0.4, -0.2) is 22.4 Å². The molecule has 0 spiro atoms. The number of nitrogens with one attached hydrogen (secondary N) is 2. The molecular formula is C18H16Cl2N4O4. The third-order valence-electron chi connectivity index (χ3n) is 3.71. The Labute approximate surface area is 170 Å². The summed E-state index contributed by atoms with van der Waals surface area (Å²) in [6, 6.07) is 8.64. The molecule has 146 valence electrons. The highest BCUT2D eigenvalue weighted by atomic mass is 35.5. The van der Waals surface area contributed by atoms with Gasteiger partial charge in [0, 0.05) is 28.6 Å². The molecule has 2 aromatic rings. The minimum atomic E-state index is -0.648. The van der Waals surface area contributed by atoms with Gasteiger partial charge in [-0.2, -0.15) is 5.10 Å². The molecule has 0 saturated heterocycles. The van der Waals surface area contributed by atoms with E-state index in [1.165, 1.54) is 6.07 Å². The lowest BCUT2D eigenvalue weighted by Crippen LogP contribution is -2.22. The first-order valence-electron chi connectivity index (χ1n) is 8.01. The first-order valence-corrected chi connectivity index (χ1v) is 8.77. The molecule has 0 aliphatic rings. The second-order valence-corrected chi connectivity index (χ2v) is 6.66. The number of halogens is 2. The first kappa shape index (κ1) is 21.3. The Morgan fingerprint density at radius 2 is 1.89 bits per heavy atom. The number of hydrogen-bond acceptors (Lipinski definition) is 5. The molecule has 28 heavy (non-hydrogen) atoms. The van der Waals surface area contributed by atoms with Crippen molar-refractivity contribution in [2.45, 2.75) is 20.3 Å². The van der Waals surface area contributed by atoms with Crippen molar-refractivity contribution in [3.63, 3.8) is 0 Å². The van der Waals surface area contributed by atoms with Crippen LogP contribution in [0.3, 0.4) is 0 Å². The van der Waals surface area contributed by atoms with Crippen molar-refractivity contribution >= 4 is 52.1 Å². The molecule has 0 atom stereocenters. The molecule has 0 unspecified atom stereocenters. The maximum atomic E-state index is 12.1. The molecule has 0 heterocycles. The predicted molar refractivity (Wildman–Crippen MR) is 108 cm³/mol. The minimum Gasteiger partial charge on any atom is -0.325 e. The summed E-state index contributed by atoms with van der Waals surface area (Å²) in [6.07, 6.45) is -0.0553. The Hall–Kier alpha value is -2.97. The summed E-state index contributed by atoms with van der Waals surface area (Å²) >= 11 is 11.9.